The molecule has 0 fully saturated rings. The predicted molar refractivity (Wildman–Crippen MR) is 168 cm³/mol. The number of sulfonamides is 1. The summed E-state index contributed by atoms with van der Waals surface area (Å²) in [5, 5.41) is 18.5. The minimum Gasteiger partial charge on any atom is -0.478 e. The first kappa shape index (κ1) is 29.6. The van der Waals surface area contributed by atoms with Crippen molar-refractivity contribution >= 4 is 44.5 Å². The highest BCUT2D eigenvalue weighted by molar-refractivity contribution is 7.92. The van der Waals surface area contributed by atoms with E-state index in [-0.39, 0.29) is 15.9 Å². The number of nitrogens with one attached hydrogen (secondary N) is 1. The topological polar surface area (TPSA) is 142 Å². The van der Waals surface area contributed by atoms with Gasteiger partial charge in [-0.15, -0.1) is 9.89 Å². The second-order valence-electron chi connectivity index (χ2n) is 11.0. The zero-order valence-corrected chi connectivity index (χ0v) is 25.4. The first-order valence-electron chi connectivity index (χ1n) is 13.9. The smallest absolute Gasteiger partial charge is 0.335 e. The molecule has 12 heteroatoms. The summed E-state index contributed by atoms with van der Waals surface area (Å²) in [6.45, 7) is 12.3. The van der Waals surface area contributed by atoms with Crippen molar-refractivity contribution < 1.29 is 18.3 Å². The number of anilines is 2. The summed E-state index contributed by atoms with van der Waals surface area (Å²) >= 11 is 0. The van der Waals surface area contributed by atoms with Gasteiger partial charge in [0.2, 0.25) is 5.82 Å². The van der Waals surface area contributed by atoms with Crippen LogP contribution in [0.4, 0.5) is 17.1 Å². The van der Waals surface area contributed by atoms with Crippen LogP contribution in [0.3, 0.4) is 0 Å². The Morgan fingerprint density at radius 2 is 1.67 bits per heavy atom. The molecule has 0 aliphatic carbocycles. The van der Waals surface area contributed by atoms with Gasteiger partial charge in [-0.3, -0.25) is 4.72 Å². The maximum absolute atomic E-state index is 12.8. The fourth-order valence-corrected chi connectivity index (χ4v) is 5.76. The molecule has 0 saturated heterocycles. The highest BCUT2D eigenvalue weighted by Gasteiger charge is 2.35. The number of benzene rings is 3. The van der Waals surface area contributed by atoms with Gasteiger partial charge in [-0.05, 0) is 80.6 Å². The van der Waals surface area contributed by atoms with E-state index in [2.05, 4.69) is 61.5 Å². The van der Waals surface area contributed by atoms with Gasteiger partial charge in [0.15, 0.2) is 5.82 Å². The number of fused-ring (bicyclic) bond motifs is 1. The zero-order chi connectivity index (χ0) is 30.9. The second-order valence-corrected chi connectivity index (χ2v) is 12.7. The lowest BCUT2D eigenvalue weighted by Gasteiger charge is -2.21. The van der Waals surface area contributed by atoms with Gasteiger partial charge in [0.05, 0.1) is 21.9 Å². The molecule has 0 saturated carbocycles. The molecule has 2 N–H and O–H groups in total. The molecule has 0 atom stereocenters. The van der Waals surface area contributed by atoms with Gasteiger partial charge >= 0.3 is 5.97 Å². The molecule has 4 aromatic rings. The number of hydrogen-bond acceptors (Lipinski definition) is 8. The third-order valence-electron chi connectivity index (χ3n) is 6.94. The van der Waals surface area contributed by atoms with Gasteiger partial charge in [-0.2, -0.15) is 5.10 Å². The van der Waals surface area contributed by atoms with Gasteiger partial charge < -0.3 is 10.0 Å². The molecular weight excluding hydrogens is 566 g/mol. The number of aliphatic imine (C=N–C) groups is 1. The lowest BCUT2D eigenvalue weighted by molar-refractivity contribution is 0.0696. The molecule has 222 valence electrons. The molecule has 5 rings (SSSR count). The maximum atomic E-state index is 12.8. The summed E-state index contributed by atoms with van der Waals surface area (Å²) in [6.07, 6.45) is 0. The predicted octanol–water partition coefficient (Wildman–Crippen LogP) is 5.67. The summed E-state index contributed by atoms with van der Waals surface area (Å²) < 4.78 is 28.2. The first-order chi connectivity index (χ1) is 20.4. The molecule has 0 radical (unpaired) electrons. The van der Waals surface area contributed by atoms with Crippen LogP contribution in [0, 0.1) is 5.41 Å². The SMILES string of the molecule is CCN(CC)c1ccc(N=C2C(C(C)(C)C)=Nn3nc(-c4ccc(NS(=O)(=O)c5cccc(C(=O)O)c5)cc4)nc32)cc1. The van der Waals surface area contributed by atoms with Crippen LogP contribution in [0.15, 0.2) is 87.8 Å². The maximum Gasteiger partial charge on any atom is 0.335 e. The first-order valence-corrected chi connectivity index (χ1v) is 15.4. The Kier molecular flexibility index (Phi) is 7.89. The van der Waals surface area contributed by atoms with Crippen LogP contribution >= 0.6 is 0 Å². The van der Waals surface area contributed by atoms with Crippen molar-refractivity contribution in [1.29, 1.82) is 0 Å². The fraction of sp³-hybridized carbons (Fsp3) is 0.258. The summed E-state index contributed by atoms with van der Waals surface area (Å²) in [5.41, 5.74) is 3.89. The number of rotatable bonds is 9. The van der Waals surface area contributed by atoms with Gasteiger partial charge in [-0.25, -0.2) is 23.2 Å². The van der Waals surface area contributed by atoms with E-state index in [1.165, 1.54) is 23.0 Å². The van der Waals surface area contributed by atoms with Crippen LogP contribution in [0.5, 0.6) is 0 Å². The van der Waals surface area contributed by atoms with Gasteiger partial charge in [0.25, 0.3) is 10.0 Å². The minimum atomic E-state index is -4.00. The summed E-state index contributed by atoms with van der Waals surface area (Å²) in [4.78, 5) is 24.6. The van der Waals surface area contributed by atoms with Crippen LogP contribution < -0.4 is 9.62 Å². The molecule has 2 heterocycles. The van der Waals surface area contributed by atoms with E-state index < -0.39 is 16.0 Å². The number of carboxylic acid groups (broad SMARTS) is 1. The summed E-state index contributed by atoms with van der Waals surface area (Å²) in [5.74, 6) is -0.267. The number of carboxylic acids is 1. The van der Waals surface area contributed by atoms with Crippen LogP contribution in [-0.4, -0.2) is 58.9 Å². The Labute approximate surface area is 250 Å². The summed E-state index contributed by atoms with van der Waals surface area (Å²) in [6, 6.07) is 19.8. The van der Waals surface area contributed by atoms with Crippen LogP contribution in [0.25, 0.3) is 11.4 Å². The highest BCUT2D eigenvalue weighted by atomic mass is 32.2. The normalized spacial score (nSPS) is 14.0. The van der Waals surface area contributed by atoms with Crippen molar-refractivity contribution in [3.05, 3.63) is 84.2 Å². The van der Waals surface area contributed by atoms with Gasteiger partial charge in [-0.1, -0.05) is 26.8 Å². The Morgan fingerprint density at radius 3 is 2.28 bits per heavy atom. The Bertz CT molecular complexity index is 1830. The highest BCUT2D eigenvalue weighted by Crippen LogP contribution is 2.29. The average molecular weight is 600 g/mol. The van der Waals surface area contributed by atoms with Gasteiger partial charge in [0.1, 0.15) is 5.71 Å². The molecule has 0 bridgehead atoms. The van der Waals surface area contributed by atoms with Crippen molar-refractivity contribution in [2.75, 3.05) is 22.7 Å². The summed E-state index contributed by atoms with van der Waals surface area (Å²) in [7, 11) is -4.00. The molecule has 1 aliphatic heterocycles. The Hall–Kier alpha value is -4.84. The van der Waals surface area contributed by atoms with Crippen molar-refractivity contribution in [3.8, 4) is 11.4 Å². The van der Waals surface area contributed by atoms with Gasteiger partial charge in [0, 0.05) is 35.4 Å². The second kappa shape index (κ2) is 11.4. The number of nitrogens with zero attached hydrogens (tertiary/aromatic N) is 6. The number of carbonyl (C=O) groups is 1. The lowest BCUT2D eigenvalue weighted by Crippen LogP contribution is -2.27. The Morgan fingerprint density at radius 1 is 1.00 bits per heavy atom. The quantitative estimate of drug-likeness (QED) is 0.252. The van der Waals surface area contributed by atoms with E-state index in [9.17, 15) is 18.3 Å². The van der Waals surface area contributed by atoms with Crippen LogP contribution in [0.1, 0.15) is 50.8 Å². The molecule has 1 aromatic heterocycles. The van der Waals surface area contributed by atoms with Crippen molar-refractivity contribution in [2.45, 2.75) is 39.5 Å². The largest absolute Gasteiger partial charge is 0.478 e. The van der Waals surface area contributed by atoms with E-state index in [0.29, 0.717) is 28.6 Å². The average Bonchev–Trinajstić information content (AvgIpc) is 3.54. The van der Waals surface area contributed by atoms with E-state index in [4.69, 9.17) is 15.1 Å². The van der Waals surface area contributed by atoms with E-state index in [1.54, 1.807) is 24.3 Å². The van der Waals surface area contributed by atoms with Crippen molar-refractivity contribution in [1.82, 2.24) is 14.9 Å². The number of aromatic nitrogens is 3. The molecular formula is C31H33N7O4S. The lowest BCUT2D eigenvalue weighted by atomic mass is 9.87. The monoisotopic (exact) mass is 599 g/mol. The standard InChI is InChI=1S/C31H33N7O4S/c1-6-37(7-2)24-17-15-22(16-18-24)32-26-27(31(3,4)5)34-38-29(26)33-28(35-38)20-11-13-23(14-12-20)36-43(41,42)25-10-8-9-21(19-25)30(39)40/h8-19,36H,6-7H2,1-5H3,(H,39,40). The molecule has 11 nitrogen and oxygen atoms in total. The number of aromatic carboxylic acids is 1. The third-order valence-corrected chi connectivity index (χ3v) is 8.32. The van der Waals surface area contributed by atoms with Crippen molar-refractivity contribution in [3.63, 3.8) is 0 Å². The number of hydrogen-bond donors (Lipinski definition) is 2. The fourth-order valence-electron chi connectivity index (χ4n) is 4.65. The molecule has 3 aromatic carbocycles. The molecule has 43 heavy (non-hydrogen) atoms. The van der Waals surface area contributed by atoms with Crippen molar-refractivity contribution in [2.24, 2.45) is 15.5 Å². The molecule has 0 unspecified atom stereocenters. The zero-order valence-electron chi connectivity index (χ0n) is 24.6. The van der Waals surface area contributed by atoms with Crippen LogP contribution in [-0.2, 0) is 10.0 Å². The van der Waals surface area contributed by atoms with E-state index >= 15 is 0 Å². The molecule has 1 aliphatic rings. The van der Waals surface area contributed by atoms with E-state index in [1.807, 2.05) is 12.1 Å². The minimum absolute atomic E-state index is 0.117. The Balaban J connectivity index is 1.41. The molecule has 0 amide bonds. The van der Waals surface area contributed by atoms with E-state index in [0.717, 1.165) is 36.2 Å². The van der Waals surface area contributed by atoms with Crippen LogP contribution in [0.2, 0.25) is 0 Å². The molecule has 0 spiro atoms. The third kappa shape index (κ3) is 6.19.